The molecule has 1 aliphatic rings. The molecular weight excluding hydrogens is 254 g/mol. The van der Waals surface area contributed by atoms with Gasteiger partial charge in [-0.05, 0) is 18.6 Å². The van der Waals surface area contributed by atoms with Crippen molar-refractivity contribution in [3.63, 3.8) is 0 Å². The minimum Gasteiger partial charge on any atom is -0.307 e. The zero-order chi connectivity index (χ0) is 10.9. The van der Waals surface area contributed by atoms with Crippen LogP contribution in [-0.2, 0) is 10.3 Å². The van der Waals surface area contributed by atoms with Crippen LogP contribution < -0.4 is 5.32 Å². The Morgan fingerprint density at radius 3 is 2.80 bits per heavy atom. The van der Waals surface area contributed by atoms with Gasteiger partial charge in [0.25, 0.3) is 0 Å². The molecule has 1 saturated heterocycles. The second-order valence-corrected chi connectivity index (χ2v) is 5.06. The Morgan fingerprint density at radius 1 is 1.40 bits per heavy atom. The third-order valence-corrected chi connectivity index (χ3v) is 3.63. The van der Waals surface area contributed by atoms with Gasteiger partial charge in [0.1, 0.15) is 5.78 Å². The van der Waals surface area contributed by atoms with Gasteiger partial charge in [-0.25, -0.2) is 0 Å². The predicted octanol–water partition coefficient (Wildman–Crippen LogP) is 2.62. The zero-order valence-electron chi connectivity index (χ0n) is 8.72. The van der Waals surface area contributed by atoms with Crippen LogP contribution in [0.4, 0.5) is 0 Å². The summed E-state index contributed by atoms with van der Waals surface area (Å²) in [6.45, 7) is 2.86. The molecule has 1 heterocycles. The van der Waals surface area contributed by atoms with E-state index in [9.17, 15) is 4.79 Å². The molecule has 1 aromatic carbocycles. The van der Waals surface area contributed by atoms with Crippen molar-refractivity contribution in [3.05, 3.63) is 34.3 Å². The molecule has 0 spiro atoms. The van der Waals surface area contributed by atoms with Gasteiger partial charge in [-0.3, -0.25) is 4.79 Å². The fourth-order valence-electron chi connectivity index (χ4n) is 2.12. The van der Waals surface area contributed by atoms with Gasteiger partial charge in [-0.2, -0.15) is 0 Å². The molecule has 0 bridgehead atoms. The summed E-state index contributed by atoms with van der Waals surface area (Å²) in [5.74, 6) is 0.340. The summed E-state index contributed by atoms with van der Waals surface area (Å²) in [6, 6.07) is 8.07. The molecule has 3 heteroatoms. The summed E-state index contributed by atoms with van der Waals surface area (Å²) in [5.41, 5.74) is 0.952. The Labute approximate surface area is 98.2 Å². The summed E-state index contributed by atoms with van der Waals surface area (Å²) in [4.78, 5) is 11.5. The molecule has 1 aromatic rings. The molecule has 1 fully saturated rings. The number of Topliss-reactive ketones (excluding diaryl/α,β-unsaturated/α-hetero) is 1. The van der Waals surface area contributed by atoms with E-state index < -0.39 is 0 Å². The molecule has 0 aromatic heterocycles. The van der Waals surface area contributed by atoms with E-state index in [0.717, 1.165) is 16.6 Å². The van der Waals surface area contributed by atoms with Crippen LogP contribution in [0.15, 0.2) is 28.7 Å². The molecule has 1 atom stereocenters. The largest absolute Gasteiger partial charge is 0.307 e. The average molecular weight is 268 g/mol. The first kappa shape index (κ1) is 10.8. The fraction of sp³-hybridized carbons (Fsp3) is 0.417. The van der Waals surface area contributed by atoms with Crippen molar-refractivity contribution in [2.45, 2.75) is 25.3 Å². The maximum absolute atomic E-state index is 11.5. The molecule has 2 nitrogen and oxygen atoms in total. The quantitative estimate of drug-likeness (QED) is 0.848. The van der Waals surface area contributed by atoms with E-state index in [-0.39, 0.29) is 5.54 Å². The molecule has 0 aliphatic carbocycles. The normalized spacial score (nSPS) is 26.7. The highest BCUT2D eigenvalue weighted by Crippen LogP contribution is 2.33. The standard InChI is InChI=1S/C12H14BrNO/c1-12(8-9(15)6-7-14-12)10-4-2-3-5-11(10)13/h2-5,14H,6-8H2,1H3. The molecule has 1 N–H and O–H groups in total. The van der Waals surface area contributed by atoms with E-state index in [1.807, 2.05) is 18.2 Å². The zero-order valence-corrected chi connectivity index (χ0v) is 10.3. The Kier molecular flexibility index (Phi) is 2.94. The van der Waals surface area contributed by atoms with Gasteiger partial charge in [-0.15, -0.1) is 0 Å². The van der Waals surface area contributed by atoms with Crippen LogP contribution in [0.25, 0.3) is 0 Å². The highest BCUT2D eigenvalue weighted by molar-refractivity contribution is 9.10. The maximum atomic E-state index is 11.5. The monoisotopic (exact) mass is 267 g/mol. The Bertz CT molecular complexity index is 391. The number of ketones is 1. The van der Waals surface area contributed by atoms with Gasteiger partial charge >= 0.3 is 0 Å². The SMILES string of the molecule is CC1(c2ccccc2Br)CC(=O)CCN1. The van der Waals surface area contributed by atoms with Crippen LogP contribution in [0.3, 0.4) is 0 Å². The highest BCUT2D eigenvalue weighted by atomic mass is 79.9. The third kappa shape index (κ3) is 2.13. The predicted molar refractivity (Wildman–Crippen MR) is 63.7 cm³/mol. The average Bonchev–Trinajstić information content (AvgIpc) is 2.17. The smallest absolute Gasteiger partial charge is 0.136 e. The van der Waals surface area contributed by atoms with Crippen molar-refractivity contribution in [1.29, 1.82) is 0 Å². The van der Waals surface area contributed by atoms with Gasteiger partial charge in [0, 0.05) is 29.4 Å². The lowest BCUT2D eigenvalue weighted by atomic mass is 9.83. The number of nitrogens with one attached hydrogen (secondary N) is 1. The minimum absolute atomic E-state index is 0.213. The number of carbonyl (C=O) groups excluding carboxylic acids is 1. The number of hydrogen-bond acceptors (Lipinski definition) is 2. The van der Waals surface area contributed by atoms with Crippen LogP contribution >= 0.6 is 15.9 Å². The lowest BCUT2D eigenvalue weighted by molar-refractivity contribution is -0.122. The molecule has 1 unspecified atom stereocenters. The van der Waals surface area contributed by atoms with E-state index in [1.165, 1.54) is 0 Å². The van der Waals surface area contributed by atoms with E-state index in [2.05, 4.69) is 34.2 Å². The topological polar surface area (TPSA) is 29.1 Å². The van der Waals surface area contributed by atoms with Crippen LogP contribution in [-0.4, -0.2) is 12.3 Å². The van der Waals surface area contributed by atoms with Crippen molar-refractivity contribution in [2.75, 3.05) is 6.54 Å². The lowest BCUT2D eigenvalue weighted by Crippen LogP contribution is -2.46. The first-order valence-electron chi connectivity index (χ1n) is 5.13. The molecule has 15 heavy (non-hydrogen) atoms. The molecular formula is C12H14BrNO. The number of carbonyl (C=O) groups is 1. The Morgan fingerprint density at radius 2 is 2.13 bits per heavy atom. The number of halogens is 1. The third-order valence-electron chi connectivity index (χ3n) is 2.94. The molecule has 0 saturated carbocycles. The number of hydrogen-bond donors (Lipinski definition) is 1. The van der Waals surface area contributed by atoms with Gasteiger partial charge in [-0.1, -0.05) is 34.1 Å². The van der Waals surface area contributed by atoms with Crippen molar-refractivity contribution in [3.8, 4) is 0 Å². The van der Waals surface area contributed by atoms with E-state index >= 15 is 0 Å². The first-order valence-corrected chi connectivity index (χ1v) is 5.93. The second-order valence-electron chi connectivity index (χ2n) is 4.20. The van der Waals surface area contributed by atoms with Crippen LogP contribution in [0.5, 0.6) is 0 Å². The highest BCUT2D eigenvalue weighted by Gasteiger charge is 2.33. The molecule has 0 radical (unpaired) electrons. The van der Waals surface area contributed by atoms with Crippen molar-refractivity contribution >= 4 is 21.7 Å². The summed E-state index contributed by atoms with van der Waals surface area (Å²) in [6.07, 6.45) is 1.23. The molecule has 2 rings (SSSR count). The van der Waals surface area contributed by atoms with Gasteiger partial charge in [0.15, 0.2) is 0 Å². The number of benzene rings is 1. The second kappa shape index (κ2) is 4.06. The summed E-state index contributed by atoms with van der Waals surface area (Å²) < 4.78 is 1.06. The van der Waals surface area contributed by atoms with Crippen molar-refractivity contribution < 1.29 is 4.79 Å². The van der Waals surface area contributed by atoms with Crippen molar-refractivity contribution in [2.24, 2.45) is 0 Å². The van der Waals surface area contributed by atoms with Crippen molar-refractivity contribution in [1.82, 2.24) is 5.32 Å². The van der Waals surface area contributed by atoms with Gasteiger partial charge in [0.2, 0.25) is 0 Å². The first-order chi connectivity index (χ1) is 7.12. The maximum Gasteiger partial charge on any atom is 0.136 e. The number of rotatable bonds is 1. The van der Waals surface area contributed by atoms with Crippen LogP contribution in [0, 0.1) is 0 Å². The van der Waals surface area contributed by atoms with Gasteiger partial charge in [0.05, 0.1) is 0 Å². The van der Waals surface area contributed by atoms with Crippen LogP contribution in [0.2, 0.25) is 0 Å². The van der Waals surface area contributed by atoms with Crippen LogP contribution in [0.1, 0.15) is 25.3 Å². The molecule has 80 valence electrons. The molecule has 0 amide bonds. The Balaban J connectivity index is 2.36. The van der Waals surface area contributed by atoms with E-state index in [1.54, 1.807) is 0 Å². The lowest BCUT2D eigenvalue weighted by Gasteiger charge is -2.35. The summed E-state index contributed by atoms with van der Waals surface area (Å²) in [5, 5.41) is 3.43. The van der Waals surface area contributed by atoms with E-state index in [4.69, 9.17) is 0 Å². The molecule has 1 aliphatic heterocycles. The van der Waals surface area contributed by atoms with E-state index in [0.29, 0.717) is 18.6 Å². The summed E-state index contributed by atoms with van der Waals surface area (Å²) >= 11 is 3.54. The number of piperidine rings is 1. The van der Waals surface area contributed by atoms with Gasteiger partial charge < -0.3 is 5.32 Å². The summed E-state index contributed by atoms with van der Waals surface area (Å²) in [7, 11) is 0. The fourth-order valence-corrected chi connectivity index (χ4v) is 2.84. The Hall–Kier alpha value is -0.670. The minimum atomic E-state index is -0.213.